The van der Waals surface area contributed by atoms with Gasteiger partial charge in [-0.3, -0.25) is 0 Å². The van der Waals surface area contributed by atoms with Gasteiger partial charge in [0.2, 0.25) is 0 Å². The van der Waals surface area contributed by atoms with E-state index in [1.165, 1.54) is 41.5 Å². The fourth-order valence-electron chi connectivity index (χ4n) is 2.58. The first-order chi connectivity index (χ1) is 6.68. The maximum Gasteiger partial charge on any atom is -0.0169 e. The normalized spacial score (nSPS) is 15.8. The molecule has 1 aliphatic carbocycles. The van der Waals surface area contributed by atoms with Crippen molar-refractivity contribution in [3.63, 3.8) is 0 Å². The second-order valence-electron chi connectivity index (χ2n) is 4.40. The van der Waals surface area contributed by atoms with Crippen LogP contribution in [-0.4, -0.2) is 0 Å². The smallest absolute Gasteiger partial charge is 0.0169 e. The summed E-state index contributed by atoms with van der Waals surface area (Å²) in [6.45, 7) is 6.63. The van der Waals surface area contributed by atoms with Crippen LogP contribution in [0.5, 0.6) is 0 Å². The third kappa shape index (κ3) is 1.61. The molecule has 0 N–H and O–H groups in total. The lowest BCUT2D eigenvalue weighted by molar-refractivity contribution is 0.934. The summed E-state index contributed by atoms with van der Waals surface area (Å²) in [5.74, 6) is 0. The van der Waals surface area contributed by atoms with Gasteiger partial charge in [0.05, 0.1) is 0 Å². The number of hydrogen-bond donors (Lipinski definition) is 0. The Morgan fingerprint density at radius 2 is 1.64 bits per heavy atom. The molecule has 0 bridgehead atoms. The highest BCUT2D eigenvalue weighted by Crippen LogP contribution is 2.32. The summed E-state index contributed by atoms with van der Waals surface area (Å²) in [4.78, 5) is 0. The molecule has 74 valence electrons. The van der Waals surface area contributed by atoms with Gasteiger partial charge in [-0.25, -0.2) is 0 Å². The molecule has 0 fully saturated rings. The topological polar surface area (TPSA) is 0 Å². The van der Waals surface area contributed by atoms with Gasteiger partial charge in [0, 0.05) is 0 Å². The lowest BCUT2D eigenvalue weighted by Crippen LogP contribution is -1.92. The summed E-state index contributed by atoms with van der Waals surface area (Å²) >= 11 is 0. The zero-order chi connectivity index (χ0) is 10.1. The highest BCUT2D eigenvalue weighted by Gasteiger charge is 2.11. The molecular formula is C14H18. The minimum atomic E-state index is 1.27. The van der Waals surface area contributed by atoms with Gasteiger partial charge in [-0.2, -0.15) is 0 Å². The summed E-state index contributed by atoms with van der Waals surface area (Å²) in [7, 11) is 0. The zero-order valence-corrected chi connectivity index (χ0v) is 9.35. The maximum absolute atomic E-state index is 2.41. The second-order valence-corrected chi connectivity index (χ2v) is 4.40. The molecule has 1 aromatic carbocycles. The Bertz CT molecular complexity index is 360. The molecule has 0 heterocycles. The first-order valence-electron chi connectivity index (χ1n) is 5.46. The van der Waals surface area contributed by atoms with Crippen LogP contribution in [-0.2, 0) is 0 Å². The summed E-state index contributed by atoms with van der Waals surface area (Å²) < 4.78 is 0. The molecule has 0 aromatic heterocycles. The largest absolute Gasteiger partial charge is 0.0807 e. The molecular weight excluding hydrogens is 168 g/mol. The van der Waals surface area contributed by atoms with E-state index in [0.29, 0.717) is 0 Å². The van der Waals surface area contributed by atoms with Crippen LogP contribution in [0.1, 0.15) is 41.5 Å². The minimum absolute atomic E-state index is 1.27. The molecule has 0 unspecified atom stereocenters. The molecule has 0 saturated heterocycles. The first kappa shape index (κ1) is 9.51. The Hall–Kier alpha value is -1.04. The lowest BCUT2D eigenvalue weighted by Gasteiger charge is -2.12. The fraction of sp³-hybridized carbons (Fsp3) is 0.429. The Morgan fingerprint density at radius 1 is 1.00 bits per heavy atom. The van der Waals surface area contributed by atoms with E-state index in [-0.39, 0.29) is 0 Å². The van der Waals surface area contributed by atoms with Crippen molar-refractivity contribution in [3.8, 4) is 0 Å². The van der Waals surface area contributed by atoms with Crippen LogP contribution in [0.2, 0.25) is 0 Å². The second kappa shape index (κ2) is 3.61. The number of allylic oxidation sites excluding steroid dienone is 2. The molecule has 14 heavy (non-hydrogen) atoms. The summed E-state index contributed by atoms with van der Waals surface area (Å²) in [5.41, 5.74) is 7.33. The van der Waals surface area contributed by atoms with Gasteiger partial charge in [-0.15, -0.1) is 0 Å². The predicted molar refractivity (Wildman–Crippen MR) is 62.5 cm³/mol. The Labute approximate surface area is 86.7 Å². The summed E-state index contributed by atoms with van der Waals surface area (Å²) in [6.07, 6.45) is 6.28. The van der Waals surface area contributed by atoms with Crippen LogP contribution in [0.15, 0.2) is 18.2 Å². The molecule has 0 aliphatic heterocycles. The van der Waals surface area contributed by atoms with Crippen LogP contribution < -0.4 is 0 Å². The SMILES string of the molecule is Cc1cc(C)c(C2=CCCC2)c(C)c1. The molecule has 0 atom stereocenters. The van der Waals surface area contributed by atoms with Gasteiger partial charge in [0.1, 0.15) is 0 Å². The van der Waals surface area contributed by atoms with Crippen LogP contribution in [0.4, 0.5) is 0 Å². The maximum atomic E-state index is 2.41. The van der Waals surface area contributed by atoms with Crippen molar-refractivity contribution in [1.29, 1.82) is 0 Å². The predicted octanol–water partition coefficient (Wildman–Crippen LogP) is 4.18. The van der Waals surface area contributed by atoms with E-state index in [0.717, 1.165) is 0 Å². The first-order valence-corrected chi connectivity index (χ1v) is 5.46. The highest BCUT2D eigenvalue weighted by atomic mass is 14.2. The zero-order valence-electron chi connectivity index (χ0n) is 9.35. The molecule has 1 aromatic rings. The van der Waals surface area contributed by atoms with E-state index >= 15 is 0 Å². The van der Waals surface area contributed by atoms with Gasteiger partial charge in [0.15, 0.2) is 0 Å². The molecule has 0 radical (unpaired) electrons. The summed E-state index contributed by atoms with van der Waals surface area (Å²) in [6, 6.07) is 4.59. The van der Waals surface area contributed by atoms with Crippen molar-refractivity contribution >= 4 is 5.57 Å². The van der Waals surface area contributed by atoms with E-state index < -0.39 is 0 Å². The minimum Gasteiger partial charge on any atom is -0.0807 e. The van der Waals surface area contributed by atoms with Crippen molar-refractivity contribution < 1.29 is 0 Å². The lowest BCUT2D eigenvalue weighted by atomic mass is 9.93. The van der Waals surface area contributed by atoms with E-state index in [1.54, 1.807) is 5.57 Å². The van der Waals surface area contributed by atoms with Crippen molar-refractivity contribution in [1.82, 2.24) is 0 Å². The molecule has 0 nitrogen and oxygen atoms in total. The Balaban J connectivity index is 2.52. The van der Waals surface area contributed by atoms with E-state index in [9.17, 15) is 0 Å². The quantitative estimate of drug-likeness (QED) is 0.617. The number of rotatable bonds is 1. The Morgan fingerprint density at radius 3 is 2.14 bits per heavy atom. The standard InChI is InChI=1S/C14H18/c1-10-8-11(2)14(12(3)9-10)13-6-4-5-7-13/h6,8-9H,4-5,7H2,1-3H3. The van der Waals surface area contributed by atoms with Gasteiger partial charge in [0.25, 0.3) is 0 Å². The van der Waals surface area contributed by atoms with E-state index in [2.05, 4.69) is 39.0 Å². The van der Waals surface area contributed by atoms with Crippen LogP contribution >= 0.6 is 0 Å². The van der Waals surface area contributed by atoms with Crippen molar-refractivity contribution in [2.45, 2.75) is 40.0 Å². The monoisotopic (exact) mass is 186 g/mol. The van der Waals surface area contributed by atoms with Gasteiger partial charge < -0.3 is 0 Å². The van der Waals surface area contributed by atoms with Crippen molar-refractivity contribution in [2.24, 2.45) is 0 Å². The van der Waals surface area contributed by atoms with Crippen LogP contribution in [0.3, 0.4) is 0 Å². The molecule has 0 saturated carbocycles. The summed E-state index contributed by atoms with van der Waals surface area (Å²) in [5, 5.41) is 0. The average Bonchev–Trinajstić information content (AvgIpc) is 2.54. The fourth-order valence-corrected chi connectivity index (χ4v) is 2.58. The highest BCUT2D eigenvalue weighted by molar-refractivity contribution is 5.72. The average molecular weight is 186 g/mol. The van der Waals surface area contributed by atoms with Crippen molar-refractivity contribution in [3.05, 3.63) is 40.5 Å². The van der Waals surface area contributed by atoms with Gasteiger partial charge >= 0.3 is 0 Å². The molecule has 0 amide bonds. The van der Waals surface area contributed by atoms with Crippen molar-refractivity contribution in [2.75, 3.05) is 0 Å². The van der Waals surface area contributed by atoms with Crippen LogP contribution in [0, 0.1) is 20.8 Å². The number of hydrogen-bond acceptors (Lipinski definition) is 0. The molecule has 0 spiro atoms. The molecule has 0 heteroatoms. The third-order valence-electron chi connectivity index (χ3n) is 3.04. The van der Waals surface area contributed by atoms with Gasteiger partial charge in [-0.1, -0.05) is 23.8 Å². The molecule has 2 rings (SSSR count). The molecule has 1 aliphatic rings. The van der Waals surface area contributed by atoms with E-state index in [1.807, 2.05) is 0 Å². The number of benzene rings is 1. The van der Waals surface area contributed by atoms with Crippen LogP contribution in [0.25, 0.3) is 5.57 Å². The third-order valence-corrected chi connectivity index (χ3v) is 3.04. The van der Waals surface area contributed by atoms with Gasteiger partial charge in [-0.05, 0) is 62.3 Å². The van der Waals surface area contributed by atoms with E-state index in [4.69, 9.17) is 0 Å². The Kier molecular flexibility index (Phi) is 2.45. The number of aryl methyl sites for hydroxylation is 3.